The smallest absolute Gasteiger partial charge is 0.306 e. The highest BCUT2D eigenvalue weighted by atomic mass is 16.5. The molecule has 4 heteroatoms. The van der Waals surface area contributed by atoms with Gasteiger partial charge in [0.1, 0.15) is 6.61 Å². The predicted octanol–water partition coefficient (Wildman–Crippen LogP) is 6.91. The van der Waals surface area contributed by atoms with E-state index >= 15 is 0 Å². The van der Waals surface area contributed by atoms with Gasteiger partial charge in [-0.3, -0.25) is 9.59 Å². The Morgan fingerprint density at radius 2 is 1.38 bits per heavy atom. The molecule has 0 spiro atoms. The molecule has 0 fully saturated rings. The fourth-order valence-corrected chi connectivity index (χ4v) is 3.55. The van der Waals surface area contributed by atoms with Crippen LogP contribution in [-0.4, -0.2) is 17.0 Å². The van der Waals surface area contributed by atoms with E-state index in [4.69, 9.17) is 4.74 Å². The van der Waals surface area contributed by atoms with Crippen molar-refractivity contribution in [1.82, 2.24) is 0 Å². The maximum atomic E-state index is 11.9. The molecule has 1 rings (SSSR count). The summed E-state index contributed by atoms with van der Waals surface area (Å²) in [5.74, 6) is -1.56. The van der Waals surface area contributed by atoms with Crippen molar-refractivity contribution >= 4 is 11.9 Å². The fourth-order valence-electron chi connectivity index (χ4n) is 3.55. The molecule has 1 unspecified atom stereocenters. The zero-order chi connectivity index (χ0) is 21.2. The van der Waals surface area contributed by atoms with Crippen LogP contribution in [0.3, 0.4) is 0 Å². The summed E-state index contributed by atoms with van der Waals surface area (Å²) in [6.07, 6.45) is 15.0. The minimum atomic E-state index is -0.798. The second-order valence-corrected chi connectivity index (χ2v) is 8.04. The number of carboxylic acids is 1. The summed E-state index contributed by atoms with van der Waals surface area (Å²) in [4.78, 5) is 23.3. The molecular formula is C25H40O4. The second kappa shape index (κ2) is 17.1. The van der Waals surface area contributed by atoms with Gasteiger partial charge in [-0.25, -0.2) is 0 Å². The van der Waals surface area contributed by atoms with Gasteiger partial charge in [0, 0.05) is 6.42 Å². The summed E-state index contributed by atoms with van der Waals surface area (Å²) >= 11 is 0. The highest BCUT2D eigenvalue weighted by molar-refractivity contribution is 5.73. The average Bonchev–Trinajstić information content (AvgIpc) is 2.73. The first-order valence-electron chi connectivity index (χ1n) is 11.6. The summed E-state index contributed by atoms with van der Waals surface area (Å²) in [5, 5.41) is 9.40. The van der Waals surface area contributed by atoms with E-state index in [-0.39, 0.29) is 19.0 Å². The maximum Gasteiger partial charge on any atom is 0.306 e. The van der Waals surface area contributed by atoms with Gasteiger partial charge in [-0.15, -0.1) is 0 Å². The Balaban J connectivity index is 2.05. The Morgan fingerprint density at radius 1 is 0.828 bits per heavy atom. The Bertz CT molecular complexity index is 541. The SMILES string of the molecule is CCCCCCCCCCCCCC(CCC(=O)OCc1ccccc1)C(=O)O. The summed E-state index contributed by atoms with van der Waals surface area (Å²) in [7, 11) is 0. The summed E-state index contributed by atoms with van der Waals surface area (Å²) < 4.78 is 5.24. The molecule has 1 aromatic carbocycles. The fraction of sp³-hybridized carbons (Fsp3) is 0.680. The Labute approximate surface area is 177 Å². The van der Waals surface area contributed by atoms with Crippen molar-refractivity contribution in [3.8, 4) is 0 Å². The topological polar surface area (TPSA) is 63.6 Å². The number of rotatable bonds is 18. The van der Waals surface area contributed by atoms with Crippen LogP contribution < -0.4 is 0 Å². The van der Waals surface area contributed by atoms with Gasteiger partial charge in [0.25, 0.3) is 0 Å². The molecule has 0 radical (unpaired) electrons. The first kappa shape index (κ1) is 25.2. The number of hydrogen-bond donors (Lipinski definition) is 1. The van der Waals surface area contributed by atoms with Crippen molar-refractivity contribution in [2.24, 2.45) is 5.92 Å². The van der Waals surface area contributed by atoms with Gasteiger partial charge >= 0.3 is 11.9 Å². The van der Waals surface area contributed by atoms with Gasteiger partial charge < -0.3 is 9.84 Å². The number of carbonyl (C=O) groups excluding carboxylic acids is 1. The van der Waals surface area contributed by atoms with Crippen molar-refractivity contribution in [3.63, 3.8) is 0 Å². The molecule has 1 aromatic rings. The van der Waals surface area contributed by atoms with Crippen LogP contribution in [0.2, 0.25) is 0 Å². The van der Waals surface area contributed by atoms with Crippen LogP contribution >= 0.6 is 0 Å². The molecule has 1 atom stereocenters. The van der Waals surface area contributed by atoms with Gasteiger partial charge in [-0.05, 0) is 18.4 Å². The van der Waals surface area contributed by atoms with Gasteiger partial charge in [0.05, 0.1) is 5.92 Å². The number of hydrogen-bond acceptors (Lipinski definition) is 3. The lowest BCUT2D eigenvalue weighted by molar-refractivity contribution is -0.146. The zero-order valence-corrected chi connectivity index (χ0v) is 18.2. The van der Waals surface area contributed by atoms with E-state index in [0.29, 0.717) is 12.8 Å². The number of carbonyl (C=O) groups is 2. The summed E-state index contributed by atoms with van der Waals surface area (Å²) in [5.41, 5.74) is 0.941. The van der Waals surface area contributed by atoms with E-state index in [2.05, 4.69) is 6.92 Å². The minimum absolute atomic E-state index is 0.168. The number of unbranched alkanes of at least 4 members (excludes halogenated alkanes) is 10. The van der Waals surface area contributed by atoms with Crippen molar-refractivity contribution in [2.45, 2.75) is 103 Å². The molecule has 0 aliphatic carbocycles. The highest BCUT2D eigenvalue weighted by Gasteiger charge is 2.18. The van der Waals surface area contributed by atoms with E-state index in [9.17, 15) is 14.7 Å². The Kier molecular flexibility index (Phi) is 14.8. The first-order chi connectivity index (χ1) is 14.1. The van der Waals surface area contributed by atoms with Gasteiger partial charge in [-0.1, -0.05) is 108 Å². The molecule has 0 saturated heterocycles. The number of aliphatic carboxylic acids is 1. The van der Waals surface area contributed by atoms with E-state index in [1.54, 1.807) is 0 Å². The normalized spacial score (nSPS) is 11.9. The first-order valence-corrected chi connectivity index (χ1v) is 11.6. The lowest BCUT2D eigenvalue weighted by Gasteiger charge is -2.12. The largest absolute Gasteiger partial charge is 0.481 e. The zero-order valence-electron chi connectivity index (χ0n) is 18.2. The van der Waals surface area contributed by atoms with Crippen LogP contribution in [0.5, 0.6) is 0 Å². The van der Waals surface area contributed by atoms with Crippen molar-refractivity contribution < 1.29 is 19.4 Å². The Hall–Kier alpha value is -1.84. The average molecular weight is 405 g/mol. The molecule has 1 N–H and O–H groups in total. The third-order valence-corrected chi connectivity index (χ3v) is 5.44. The standard InChI is InChI=1S/C25H40O4/c1-2-3-4-5-6-7-8-9-10-11-15-18-23(25(27)28)19-20-24(26)29-21-22-16-13-12-14-17-22/h12-14,16-17,23H,2-11,15,18-21H2,1H3,(H,27,28). The molecule has 0 saturated carbocycles. The quantitative estimate of drug-likeness (QED) is 0.213. The lowest BCUT2D eigenvalue weighted by Crippen LogP contribution is -2.16. The van der Waals surface area contributed by atoms with Crippen LogP contribution in [0.25, 0.3) is 0 Å². The third kappa shape index (κ3) is 13.9. The molecule has 0 amide bonds. The van der Waals surface area contributed by atoms with Crippen LogP contribution in [0.15, 0.2) is 30.3 Å². The molecule has 29 heavy (non-hydrogen) atoms. The minimum Gasteiger partial charge on any atom is -0.481 e. The van der Waals surface area contributed by atoms with Gasteiger partial charge in [0.2, 0.25) is 0 Å². The molecule has 164 valence electrons. The number of ether oxygens (including phenoxy) is 1. The van der Waals surface area contributed by atoms with Gasteiger partial charge in [-0.2, -0.15) is 0 Å². The molecule has 0 heterocycles. The van der Waals surface area contributed by atoms with Crippen LogP contribution in [0.4, 0.5) is 0 Å². The third-order valence-electron chi connectivity index (χ3n) is 5.44. The van der Waals surface area contributed by atoms with E-state index in [1.165, 1.54) is 57.8 Å². The number of benzene rings is 1. The molecule has 0 aliphatic rings. The van der Waals surface area contributed by atoms with Gasteiger partial charge in [0.15, 0.2) is 0 Å². The number of carboxylic acid groups (broad SMARTS) is 1. The molecule has 0 bridgehead atoms. The van der Waals surface area contributed by atoms with Crippen LogP contribution in [0, 0.1) is 5.92 Å². The van der Waals surface area contributed by atoms with Crippen molar-refractivity contribution in [1.29, 1.82) is 0 Å². The monoisotopic (exact) mass is 404 g/mol. The van der Waals surface area contributed by atoms with E-state index < -0.39 is 11.9 Å². The molecular weight excluding hydrogens is 364 g/mol. The summed E-state index contributed by atoms with van der Waals surface area (Å²) in [6.45, 7) is 2.49. The highest BCUT2D eigenvalue weighted by Crippen LogP contribution is 2.18. The number of esters is 1. The second-order valence-electron chi connectivity index (χ2n) is 8.04. The lowest BCUT2D eigenvalue weighted by atomic mass is 9.95. The molecule has 0 aliphatic heterocycles. The molecule has 0 aromatic heterocycles. The van der Waals surface area contributed by atoms with E-state index in [0.717, 1.165) is 18.4 Å². The summed E-state index contributed by atoms with van der Waals surface area (Å²) in [6, 6.07) is 9.52. The van der Waals surface area contributed by atoms with Crippen molar-refractivity contribution in [3.05, 3.63) is 35.9 Å². The molecule has 4 nitrogen and oxygen atoms in total. The van der Waals surface area contributed by atoms with E-state index in [1.807, 2.05) is 30.3 Å². The van der Waals surface area contributed by atoms with Crippen molar-refractivity contribution in [2.75, 3.05) is 0 Å². The Morgan fingerprint density at radius 3 is 1.93 bits per heavy atom. The maximum absolute atomic E-state index is 11.9. The van der Waals surface area contributed by atoms with Crippen LogP contribution in [0.1, 0.15) is 102 Å². The predicted molar refractivity (Wildman–Crippen MR) is 118 cm³/mol. The van der Waals surface area contributed by atoms with Crippen LogP contribution in [-0.2, 0) is 20.9 Å².